The highest BCUT2D eigenvalue weighted by Gasteiger charge is 2.11. The molecule has 0 spiro atoms. The maximum atomic E-state index is 9.80. The van der Waals surface area contributed by atoms with E-state index in [9.17, 15) is 5.11 Å². The third-order valence-electron chi connectivity index (χ3n) is 3.02. The molecule has 0 radical (unpaired) electrons. The zero-order valence-electron chi connectivity index (χ0n) is 9.20. The molecule has 4 rings (SSSR count). The van der Waals surface area contributed by atoms with Crippen molar-refractivity contribution in [3.63, 3.8) is 0 Å². The number of halogens is 1. The summed E-state index contributed by atoms with van der Waals surface area (Å²) in [5.41, 5.74) is 1.91. The molecule has 2 heterocycles. The second kappa shape index (κ2) is 3.96. The van der Waals surface area contributed by atoms with E-state index < -0.39 is 0 Å². The number of aromatic hydroxyl groups is 1. The fourth-order valence-electron chi connectivity index (χ4n) is 2.25. The Hall–Kier alpha value is -1.59. The van der Waals surface area contributed by atoms with Crippen molar-refractivity contribution < 1.29 is 5.11 Å². The molecule has 0 aliphatic rings. The number of benzene rings is 2. The van der Waals surface area contributed by atoms with Gasteiger partial charge in [0, 0.05) is 5.39 Å². The molecule has 0 fully saturated rings. The van der Waals surface area contributed by atoms with Gasteiger partial charge < -0.3 is 5.11 Å². The highest BCUT2D eigenvalue weighted by atomic mass is 79.9. The van der Waals surface area contributed by atoms with Gasteiger partial charge in [0.15, 0.2) is 4.96 Å². The van der Waals surface area contributed by atoms with Gasteiger partial charge in [0.1, 0.15) is 0 Å². The normalized spacial score (nSPS) is 11.1. The van der Waals surface area contributed by atoms with Gasteiger partial charge in [-0.15, -0.1) is 28.3 Å². The van der Waals surface area contributed by atoms with Gasteiger partial charge >= 0.3 is 0 Å². The van der Waals surface area contributed by atoms with Gasteiger partial charge in [-0.05, 0) is 11.5 Å². The summed E-state index contributed by atoms with van der Waals surface area (Å²) >= 11 is 1.45. The Morgan fingerprint density at radius 1 is 1.11 bits per heavy atom. The van der Waals surface area contributed by atoms with Crippen molar-refractivity contribution in [2.45, 2.75) is 0 Å². The Bertz CT molecular complexity index is 865. The van der Waals surface area contributed by atoms with Crippen LogP contribution < -0.4 is 0 Å². The van der Waals surface area contributed by atoms with Crippen molar-refractivity contribution in [2.24, 2.45) is 0 Å². The molecule has 4 aromatic rings. The molecule has 0 saturated heterocycles. The highest BCUT2D eigenvalue weighted by Crippen LogP contribution is 2.31. The third kappa shape index (κ3) is 1.38. The predicted molar refractivity (Wildman–Crippen MR) is 80.1 cm³/mol. The first kappa shape index (κ1) is 11.5. The molecule has 0 unspecified atom stereocenters. The van der Waals surface area contributed by atoms with E-state index in [-0.39, 0.29) is 22.9 Å². The molecule has 0 aliphatic heterocycles. The van der Waals surface area contributed by atoms with Gasteiger partial charge in [-0.25, -0.2) is 4.98 Å². The van der Waals surface area contributed by atoms with E-state index in [0.717, 1.165) is 21.4 Å². The standard InChI is InChI=1S/C13H8N2OS.BrH/c16-11-7-17-13-14-12-9-4-2-1-3-8(9)5-6-10(12)15(11)13;/h1-7,16H;1H. The highest BCUT2D eigenvalue weighted by molar-refractivity contribution is 8.93. The summed E-state index contributed by atoms with van der Waals surface area (Å²) in [4.78, 5) is 5.41. The van der Waals surface area contributed by atoms with Crippen molar-refractivity contribution >= 4 is 55.1 Å². The molecule has 2 aromatic carbocycles. The van der Waals surface area contributed by atoms with Gasteiger partial charge in [0.05, 0.1) is 16.4 Å². The van der Waals surface area contributed by atoms with Crippen molar-refractivity contribution in [1.82, 2.24) is 9.38 Å². The van der Waals surface area contributed by atoms with Crippen molar-refractivity contribution in [2.75, 3.05) is 0 Å². The summed E-state index contributed by atoms with van der Waals surface area (Å²) in [7, 11) is 0. The average Bonchev–Trinajstić information content (AvgIpc) is 2.90. The average molecular weight is 321 g/mol. The number of rotatable bonds is 0. The van der Waals surface area contributed by atoms with Crippen molar-refractivity contribution in [3.05, 3.63) is 41.8 Å². The lowest BCUT2D eigenvalue weighted by molar-refractivity contribution is 0.452. The lowest BCUT2D eigenvalue weighted by Gasteiger charge is -1.98. The Kier molecular flexibility index (Phi) is 2.53. The molecule has 5 heteroatoms. The zero-order valence-corrected chi connectivity index (χ0v) is 11.7. The Balaban J connectivity index is 0.000001000. The first-order valence-corrected chi connectivity index (χ1v) is 6.19. The number of hydrogen-bond acceptors (Lipinski definition) is 3. The van der Waals surface area contributed by atoms with Crippen LogP contribution in [0.2, 0.25) is 0 Å². The number of imidazole rings is 1. The molecule has 0 amide bonds. The topological polar surface area (TPSA) is 37.5 Å². The molecular formula is C13H9BrN2OS. The smallest absolute Gasteiger partial charge is 0.208 e. The van der Waals surface area contributed by atoms with Crippen LogP contribution in [0.15, 0.2) is 41.8 Å². The van der Waals surface area contributed by atoms with E-state index >= 15 is 0 Å². The predicted octanol–water partition coefficient (Wildman–Crippen LogP) is 3.99. The number of hydrogen-bond donors (Lipinski definition) is 1. The third-order valence-corrected chi connectivity index (χ3v) is 3.83. The minimum Gasteiger partial charge on any atom is -0.494 e. The Morgan fingerprint density at radius 3 is 2.83 bits per heavy atom. The van der Waals surface area contributed by atoms with Crippen LogP contribution in [0.25, 0.3) is 26.8 Å². The van der Waals surface area contributed by atoms with Gasteiger partial charge in [0.2, 0.25) is 5.88 Å². The van der Waals surface area contributed by atoms with Gasteiger partial charge in [-0.3, -0.25) is 4.40 Å². The molecule has 18 heavy (non-hydrogen) atoms. The monoisotopic (exact) mass is 320 g/mol. The Labute approximate surface area is 117 Å². The number of thiazole rings is 1. The number of fused-ring (bicyclic) bond motifs is 5. The van der Waals surface area contributed by atoms with E-state index in [0.29, 0.717) is 0 Å². The summed E-state index contributed by atoms with van der Waals surface area (Å²) in [6.45, 7) is 0. The molecule has 1 N–H and O–H groups in total. The first-order valence-electron chi connectivity index (χ1n) is 5.31. The van der Waals surface area contributed by atoms with Gasteiger partial charge in [-0.1, -0.05) is 30.3 Å². The first-order chi connectivity index (χ1) is 8.34. The summed E-state index contributed by atoms with van der Waals surface area (Å²) in [5, 5.41) is 13.8. The maximum Gasteiger partial charge on any atom is 0.208 e. The van der Waals surface area contributed by atoms with E-state index in [2.05, 4.69) is 23.2 Å². The summed E-state index contributed by atoms with van der Waals surface area (Å²) in [5.74, 6) is 0.253. The number of nitrogens with zero attached hydrogens (tertiary/aromatic N) is 2. The molecule has 3 nitrogen and oxygen atoms in total. The minimum atomic E-state index is 0. The number of aromatic nitrogens is 2. The molecule has 2 aromatic heterocycles. The van der Waals surface area contributed by atoms with Crippen molar-refractivity contribution in [3.8, 4) is 5.88 Å². The van der Waals surface area contributed by atoms with E-state index in [1.165, 1.54) is 16.7 Å². The van der Waals surface area contributed by atoms with Crippen molar-refractivity contribution in [1.29, 1.82) is 0 Å². The maximum absolute atomic E-state index is 9.80. The van der Waals surface area contributed by atoms with Crippen LogP contribution in [0.4, 0.5) is 0 Å². The lowest BCUT2D eigenvalue weighted by atomic mass is 10.1. The quantitative estimate of drug-likeness (QED) is 0.532. The molecular weight excluding hydrogens is 312 g/mol. The summed E-state index contributed by atoms with van der Waals surface area (Å²) < 4.78 is 1.78. The summed E-state index contributed by atoms with van der Waals surface area (Å²) in [6.07, 6.45) is 0. The van der Waals surface area contributed by atoms with Crippen LogP contribution in [0.3, 0.4) is 0 Å². The van der Waals surface area contributed by atoms with Gasteiger partial charge in [0.25, 0.3) is 0 Å². The Morgan fingerprint density at radius 2 is 1.94 bits per heavy atom. The molecule has 90 valence electrons. The fourth-order valence-corrected chi connectivity index (χ4v) is 3.01. The zero-order chi connectivity index (χ0) is 11.4. The minimum absolute atomic E-state index is 0. The van der Waals surface area contributed by atoms with Crippen LogP contribution >= 0.6 is 28.3 Å². The van der Waals surface area contributed by atoms with E-state index in [1.54, 1.807) is 9.78 Å². The van der Waals surface area contributed by atoms with Crippen LogP contribution in [-0.2, 0) is 0 Å². The second-order valence-corrected chi connectivity index (χ2v) is 4.81. The summed E-state index contributed by atoms with van der Waals surface area (Å²) in [6, 6.07) is 12.2. The largest absolute Gasteiger partial charge is 0.494 e. The fraction of sp³-hybridized carbons (Fsp3) is 0. The lowest BCUT2D eigenvalue weighted by Crippen LogP contribution is -1.79. The SMILES string of the molecule is Br.Oc1csc2nc3c4ccccc4ccc3n12. The van der Waals surface area contributed by atoms with Crippen LogP contribution in [0, 0.1) is 0 Å². The van der Waals surface area contributed by atoms with Crippen LogP contribution in [0.1, 0.15) is 0 Å². The molecule has 0 bridgehead atoms. The van der Waals surface area contributed by atoms with Crippen LogP contribution in [-0.4, -0.2) is 14.5 Å². The molecule has 0 saturated carbocycles. The second-order valence-electron chi connectivity index (χ2n) is 3.98. The van der Waals surface area contributed by atoms with Crippen LogP contribution in [0.5, 0.6) is 5.88 Å². The van der Waals surface area contributed by atoms with Gasteiger partial charge in [-0.2, -0.15) is 0 Å². The van der Waals surface area contributed by atoms with E-state index in [1.807, 2.05) is 18.2 Å². The molecule has 0 atom stereocenters. The molecule has 0 aliphatic carbocycles. The van der Waals surface area contributed by atoms with E-state index in [4.69, 9.17) is 0 Å².